The minimum atomic E-state index is -4.61. The van der Waals surface area contributed by atoms with Crippen molar-refractivity contribution in [2.75, 3.05) is 24.7 Å². The van der Waals surface area contributed by atoms with E-state index >= 15 is 0 Å². The number of carbonyl (C=O) groups excluding carboxylic acids is 2. The molecule has 262 valence electrons. The van der Waals surface area contributed by atoms with E-state index in [9.17, 15) is 14.2 Å². The third-order valence-electron chi connectivity index (χ3n) is 7.88. The second-order valence-corrected chi connectivity index (χ2v) is 14.6. The van der Waals surface area contributed by atoms with Crippen LogP contribution in [-0.2, 0) is 28.2 Å². The van der Waals surface area contributed by atoms with Crippen molar-refractivity contribution in [3.63, 3.8) is 0 Å². The van der Waals surface area contributed by atoms with Crippen LogP contribution in [0.25, 0.3) is 0 Å². The monoisotopic (exact) mass is 666 g/mol. The Morgan fingerprint density at radius 1 is 0.682 bits per heavy atom. The number of rotatable bonds is 36. The number of thioether (sulfide) groups is 1. The lowest BCUT2D eigenvalue weighted by Crippen LogP contribution is -2.25. The summed E-state index contributed by atoms with van der Waals surface area (Å²) in [6.07, 6.45) is 30.3. The summed E-state index contributed by atoms with van der Waals surface area (Å²) in [6, 6.07) is 0. The number of carbonyl (C=O) groups is 2. The number of esters is 1. The maximum absolute atomic E-state index is 12.4. The molecule has 0 bridgehead atoms. The van der Waals surface area contributed by atoms with Gasteiger partial charge < -0.3 is 19.3 Å². The van der Waals surface area contributed by atoms with Crippen LogP contribution in [-0.4, -0.2) is 53.1 Å². The lowest BCUT2D eigenvalue weighted by Gasteiger charge is -2.18. The van der Waals surface area contributed by atoms with Gasteiger partial charge in [0.25, 0.3) is 6.47 Å². The van der Waals surface area contributed by atoms with Gasteiger partial charge in [0.05, 0.1) is 13.2 Å². The molecule has 0 unspecified atom stereocenters. The fourth-order valence-electron chi connectivity index (χ4n) is 5.25. The molecule has 0 aromatic heterocycles. The number of hydrogen-bond acceptors (Lipinski definition) is 7. The highest BCUT2D eigenvalue weighted by molar-refractivity contribution is 7.99. The first-order valence-corrected chi connectivity index (χ1v) is 20.6. The normalized spacial score (nSPS) is 12.3. The van der Waals surface area contributed by atoms with Crippen molar-refractivity contribution < 1.29 is 37.9 Å². The Bertz CT molecular complexity index is 676. The summed E-state index contributed by atoms with van der Waals surface area (Å²) in [5.74, 6) is 1.11. The maximum atomic E-state index is 12.4. The summed E-state index contributed by atoms with van der Waals surface area (Å²) >= 11 is 1.65. The Morgan fingerprint density at radius 2 is 1.11 bits per heavy atom. The second kappa shape index (κ2) is 33.8. The fraction of sp³-hybridized carbons (Fsp3) is 0.941. The number of ether oxygens (including phenoxy) is 2. The van der Waals surface area contributed by atoms with Crippen molar-refractivity contribution in [3.8, 4) is 0 Å². The zero-order valence-electron chi connectivity index (χ0n) is 28.1. The van der Waals surface area contributed by atoms with Gasteiger partial charge in [-0.15, -0.1) is 0 Å². The van der Waals surface area contributed by atoms with E-state index in [2.05, 4.69) is 11.4 Å². The molecule has 0 aromatic rings. The minimum absolute atomic E-state index is 0.280. The molecular weight excluding hydrogens is 599 g/mol. The van der Waals surface area contributed by atoms with Gasteiger partial charge in [-0.25, -0.2) is 4.57 Å². The largest absolute Gasteiger partial charge is 0.469 e. The van der Waals surface area contributed by atoms with Gasteiger partial charge >= 0.3 is 13.8 Å². The molecule has 0 aliphatic carbocycles. The van der Waals surface area contributed by atoms with Crippen molar-refractivity contribution in [1.82, 2.24) is 0 Å². The molecule has 0 fully saturated rings. The summed E-state index contributed by atoms with van der Waals surface area (Å²) in [7, 11) is -4.61. The summed E-state index contributed by atoms with van der Waals surface area (Å²) in [6.45, 7) is 3.03. The van der Waals surface area contributed by atoms with Gasteiger partial charge in [-0.05, 0) is 25.0 Å². The van der Waals surface area contributed by atoms with E-state index in [-0.39, 0.29) is 12.6 Å². The highest BCUT2D eigenvalue weighted by atomic mass is 32.2. The van der Waals surface area contributed by atoms with Crippen LogP contribution in [0.4, 0.5) is 0 Å². The maximum Gasteiger partial charge on any atom is 0.469 e. The Hall–Kier alpha value is -0.600. The van der Waals surface area contributed by atoms with Crippen LogP contribution in [0.1, 0.15) is 174 Å². The van der Waals surface area contributed by atoms with Crippen LogP contribution in [0.3, 0.4) is 0 Å². The number of phosphoric acid groups is 1. The van der Waals surface area contributed by atoms with Gasteiger partial charge in [-0.2, -0.15) is 11.8 Å². The molecule has 0 aliphatic rings. The van der Waals surface area contributed by atoms with Gasteiger partial charge in [0.2, 0.25) is 0 Å². The van der Waals surface area contributed by atoms with E-state index < -0.39 is 13.9 Å². The van der Waals surface area contributed by atoms with Crippen molar-refractivity contribution in [3.05, 3.63) is 0 Å². The Morgan fingerprint density at radius 3 is 1.57 bits per heavy atom. The van der Waals surface area contributed by atoms with Gasteiger partial charge in [0.15, 0.2) is 0 Å². The number of unbranched alkanes of at least 4 members (excludes halogenated alkanes) is 23. The first kappa shape index (κ1) is 43.4. The first-order chi connectivity index (χ1) is 21.4. The average Bonchev–Trinajstić information content (AvgIpc) is 2.99. The third-order valence-corrected chi connectivity index (χ3v) is 9.55. The summed E-state index contributed by atoms with van der Waals surface area (Å²) in [4.78, 5) is 40.6. The molecule has 0 aliphatic heterocycles. The quantitative estimate of drug-likeness (QED) is 0.0291. The van der Waals surface area contributed by atoms with Gasteiger partial charge in [-0.1, -0.05) is 148 Å². The predicted molar refractivity (Wildman–Crippen MR) is 183 cm³/mol. The Kier molecular flexibility index (Phi) is 33.3. The molecule has 0 radical (unpaired) electrons. The molecule has 0 heterocycles. The SMILES string of the molecule is CCCCCCCCCCCCCCC(=O)O[C@H](COP(=O)(O)O)CSCCCCCCCCCCCCCCCOC=O. The van der Waals surface area contributed by atoms with Gasteiger partial charge in [0, 0.05) is 12.2 Å². The molecule has 0 spiro atoms. The van der Waals surface area contributed by atoms with Gasteiger partial charge in [0.1, 0.15) is 6.10 Å². The molecule has 10 heteroatoms. The lowest BCUT2D eigenvalue weighted by atomic mass is 10.0. The summed E-state index contributed by atoms with van der Waals surface area (Å²) < 4.78 is 26.1. The third kappa shape index (κ3) is 35.9. The molecule has 0 rings (SSSR count). The molecule has 0 aromatic carbocycles. The highest BCUT2D eigenvalue weighted by Crippen LogP contribution is 2.36. The number of hydrogen-bond donors (Lipinski definition) is 2. The molecule has 0 saturated heterocycles. The van der Waals surface area contributed by atoms with Gasteiger partial charge in [-0.3, -0.25) is 14.1 Å². The van der Waals surface area contributed by atoms with Crippen LogP contribution >= 0.6 is 19.6 Å². The van der Waals surface area contributed by atoms with Crippen molar-refractivity contribution in [2.45, 2.75) is 180 Å². The molecule has 44 heavy (non-hydrogen) atoms. The van der Waals surface area contributed by atoms with E-state index in [0.717, 1.165) is 44.3 Å². The molecule has 2 N–H and O–H groups in total. The smallest absolute Gasteiger partial charge is 0.468 e. The fourth-order valence-corrected chi connectivity index (χ4v) is 6.61. The Labute approximate surface area is 274 Å². The van der Waals surface area contributed by atoms with Crippen molar-refractivity contribution in [2.24, 2.45) is 0 Å². The van der Waals surface area contributed by atoms with Crippen LogP contribution in [0, 0.1) is 0 Å². The van der Waals surface area contributed by atoms with E-state index in [0.29, 0.717) is 25.3 Å². The van der Waals surface area contributed by atoms with Crippen LogP contribution in [0.2, 0.25) is 0 Å². The van der Waals surface area contributed by atoms with E-state index in [4.69, 9.17) is 19.3 Å². The molecule has 0 saturated carbocycles. The zero-order chi connectivity index (χ0) is 32.4. The minimum Gasteiger partial charge on any atom is -0.468 e. The molecule has 8 nitrogen and oxygen atoms in total. The van der Waals surface area contributed by atoms with Crippen molar-refractivity contribution >= 4 is 32.0 Å². The standard InChI is InChI=1S/C34H67O8PS/c1-2-3-4-5-6-7-8-12-15-18-21-24-27-34(36)42-33(30-41-43(37,38)39)31-44-29-26-23-20-17-14-11-9-10-13-16-19-22-25-28-40-32-35/h32-33H,2-31H2,1H3,(H2,37,38,39)/t33-/m1/s1. The topological polar surface area (TPSA) is 119 Å². The summed E-state index contributed by atoms with van der Waals surface area (Å²) in [5.41, 5.74) is 0. The Balaban J connectivity index is 3.77. The van der Waals surface area contributed by atoms with E-state index in [1.807, 2.05) is 0 Å². The van der Waals surface area contributed by atoms with E-state index in [1.165, 1.54) is 122 Å². The van der Waals surface area contributed by atoms with E-state index in [1.54, 1.807) is 11.8 Å². The van der Waals surface area contributed by atoms with Crippen LogP contribution in [0.5, 0.6) is 0 Å². The zero-order valence-corrected chi connectivity index (χ0v) is 29.8. The summed E-state index contributed by atoms with van der Waals surface area (Å²) in [5, 5.41) is 0. The molecular formula is C34H67O8PS. The predicted octanol–water partition coefficient (Wildman–Crippen LogP) is 10.1. The average molecular weight is 667 g/mol. The molecule has 0 amide bonds. The molecule has 1 atom stereocenters. The first-order valence-electron chi connectivity index (χ1n) is 17.9. The second-order valence-electron chi connectivity index (χ2n) is 12.2. The number of phosphoric ester groups is 1. The van der Waals surface area contributed by atoms with Crippen molar-refractivity contribution in [1.29, 1.82) is 0 Å². The lowest BCUT2D eigenvalue weighted by molar-refractivity contribution is -0.149. The van der Waals surface area contributed by atoms with Crippen LogP contribution < -0.4 is 0 Å². The van der Waals surface area contributed by atoms with Crippen LogP contribution in [0.15, 0.2) is 0 Å². The highest BCUT2D eigenvalue weighted by Gasteiger charge is 2.21.